The Kier molecular flexibility index (Phi) is 5.88. The fourth-order valence-corrected chi connectivity index (χ4v) is 2.43. The summed E-state index contributed by atoms with van der Waals surface area (Å²) in [5, 5.41) is 19.0. The van der Waals surface area contributed by atoms with E-state index in [9.17, 15) is 15.0 Å². The minimum Gasteiger partial charge on any atom is -0.481 e. The Balaban J connectivity index is 2.32. The molecule has 1 unspecified atom stereocenters. The molecule has 0 saturated heterocycles. The topological polar surface area (TPSA) is 76.0 Å². The normalized spacial score (nSPS) is 20.4. The highest BCUT2D eigenvalue weighted by Gasteiger charge is 2.42. The second-order valence-corrected chi connectivity index (χ2v) is 4.72. The monoisotopic (exact) mass is 246 g/mol. The van der Waals surface area contributed by atoms with Crippen molar-refractivity contribution in [3.05, 3.63) is 0 Å². The Hall–Kier alpha value is -0.650. The molecular weight excluding hydrogens is 224 g/mol. The molecule has 1 aliphatic rings. The average molecular weight is 246 g/mol. The lowest BCUT2D eigenvalue weighted by Gasteiger charge is -2.26. The fraction of sp³-hybridized carbons (Fsp3) is 0.917. The van der Waals surface area contributed by atoms with Crippen LogP contribution in [0.4, 0.5) is 0 Å². The second kappa shape index (κ2) is 6.93. The average Bonchev–Trinajstić information content (AvgIpc) is 2.74. The van der Waals surface area contributed by atoms with E-state index in [0.717, 1.165) is 12.8 Å². The summed E-state index contributed by atoms with van der Waals surface area (Å²) in [4.78, 5) is 11.3. The number of aliphatic hydroxyl groups is 1. The van der Waals surface area contributed by atoms with Crippen molar-refractivity contribution in [3.8, 4) is 0 Å². The number of carboxylic acid groups (broad SMARTS) is 1. The van der Waals surface area contributed by atoms with Crippen LogP contribution in [0.25, 0.3) is 0 Å². The van der Waals surface area contributed by atoms with E-state index in [1.165, 1.54) is 0 Å². The van der Waals surface area contributed by atoms with E-state index in [4.69, 9.17) is 9.47 Å². The molecule has 5 heteroatoms. The third-order valence-electron chi connectivity index (χ3n) is 3.38. The lowest BCUT2D eigenvalue weighted by molar-refractivity contribution is -0.151. The molecule has 17 heavy (non-hydrogen) atoms. The maximum Gasteiger partial charge on any atom is 0.309 e. The van der Waals surface area contributed by atoms with Gasteiger partial charge < -0.3 is 19.7 Å². The van der Waals surface area contributed by atoms with Crippen LogP contribution in [0.3, 0.4) is 0 Å². The quantitative estimate of drug-likeness (QED) is 0.626. The molecule has 1 rings (SSSR count). The standard InChI is InChI=1S/C12H22O5/c1-16-6-7-17-9-10(13)8-12(11(14)15)4-2-3-5-12/h10,13H,2-9H2,1H3,(H,14,15). The van der Waals surface area contributed by atoms with Crippen LogP contribution in [0.2, 0.25) is 0 Å². The number of methoxy groups -OCH3 is 1. The molecule has 0 radical (unpaired) electrons. The minimum absolute atomic E-state index is 0.179. The lowest BCUT2D eigenvalue weighted by atomic mass is 9.81. The largest absolute Gasteiger partial charge is 0.481 e. The Labute approximate surface area is 102 Å². The van der Waals surface area contributed by atoms with Gasteiger partial charge in [0, 0.05) is 7.11 Å². The Morgan fingerprint density at radius 2 is 2.00 bits per heavy atom. The van der Waals surface area contributed by atoms with Crippen molar-refractivity contribution in [3.63, 3.8) is 0 Å². The second-order valence-electron chi connectivity index (χ2n) is 4.72. The van der Waals surface area contributed by atoms with Gasteiger partial charge in [-0.25, -0.2) is 0 Å². The summed E-state index contributed by atoms with van der Waals surface area (Å²) in [6.45, 7) is 1.09. The van der Waals surface area contributed by atoms with Crippen molar-refractivity contribution in [1.29, 1.82) is 0 Å². The van der Waals surface area contributed by atoms with E-state index < -0.39 is 17.5 Å². The molecule has 0 aromatic carbocycles. The molecular formula is C12H22O5. The van der Waals surface area contributed by atoms with Gasteiger partial charge in [-0.3, -0.25) is 4.79 Å². The Bertz CT molecular complexity index is 235. The maximum absolute atomic E-state index is 11.3. The van der Waals surface area contributed by atoms with E-state index in [-0.39, 0.29) is 13.0 Å². The summed E-state index contributed by atoms with van der Waals surface area (Å²) >= 11 is 0. The summed E-state index contributed by atoms with van der Waals surface area (Å²) < 4.78 is 10.0. The maximum atomic E-state index is 11.3. The van der Waals surface area contributed by atoms with Gasteiger partial charge in [-0.15, -0.1) is 0 Å². The van der Waals surface area contributed by atoms with Crippen molar-refractivity contribution in [2.75, 3.05) is 26.9 Å². The molecule has 0 spiro atoms. The highest BCUT2D eigenvalue weighted by Crippen LogP contribution is 2.42. The zero-order valence-electron chi connectivity index (χ0n) is 10.4. The van der Waals surface area contributed by atoms with Gasteiger partial charge in [0.25, 0.3) is 0 Å². The highest BCUT2D eigenvalue weighted by molar-refractivity contribution is 5.75. The van der Waals surface area contributed by atoms with E-state index in [1.807, 2.05) is 0 Å². The smallest absolute Gasteiger partial charge is 0.309 e. The zero-order chi connectivity index (χ0) is 12.7. The van der Waals surface area contributed by atoms with Gasteiger partial charge in [-0.1, -0.05) is 12.8 Å². The molecule has 2 N–H and O–H groups in total. The first-order chi connectivity index (χ1) is 8.10. The van der Waals surface area contributed by atoms with Crippen LogP contribution in [0.5, 0.6) is 0 Å². The fourth-order valence-electron chi connectivity index (χ4n) is 2.43. The van der Waals surface area contributed by atoms with Gasteiger partial charge in [0.1, 0.15) is 0 Å². The number of hydrogen-bond donors (Lipinski definition) is 2. The first kappa shape index (κ1) is 14.4. The van der Waals surface area contributed by atoms with Crippen LogP contribution in [0, 0.1) is 5.41 Å². The number of aliphatic hydroxyl groups excluding tert-OH is 1. The van der Waals surface area contributed by atoms with Gasteiger partial charge in [0.05, 0.1) is 31.3 Å². The van der Waals surface area contributed by atoms with Gasteiger partial charge in [0.15, 0.2) is 0 Å². The predicted molar refractivity (Wildman–Crippen MR) is 61.9 cm³/mol. The Morgan fingerprint density at radius 3 is 2.53 bits per heavy atom. The van der Waals surface area contributed by atoms with E-state index in [1.54, 1.807) is 7.11 Å². The number of rotatable bonds is 8. The first-order valence-electron chi connectivity index (χ1n) is 6.09. The summed E-state index contributed by atoms with van der Waals surface area (Å²) in [6.07, 6.45) is 2.78. The van der Waals surface area contributed by atoms with Crippen LogP contribution < -0.4 is 0 Å². The molecule has 100 valence electrons. The summed E-state index contributed by atoms with van der Waals surface area (Å²) in [5.41, 5.74) is -0.732. The minimum atomic E-state index is -0.786. The molecule has 5 nitrogen and oxygen atoms in total. The lowest BCUT2D eigenvalue weighted by Crippen LogP contribution is -2.34. The highest BCUT2D eigenvalue weighted by atomic mass is 16.5. The van der Waals surface area contributed by atoms with Gasteiger partial charge in [0.2, 0.25) is 0 Å². The Morgan fingerprint density at radius 1 is 1.35 bits per heavy atom. The molecule has 0 bridgehead atoms. The zero-order valence-corrected chi connectivity index (χ0v) is 10.4. The third kappa shape index (κ3) is 4.26. The molecule has 1 fully saturated rings. The molecule has 0 aliphatic heterocycles. The van der Waals surface area contributed by atoms with Crippen LogP contribution in [-0.4, -0.2) is 49.2 Å². The van der Waals surface area contributed by atoms with Crippen LogP contribution in [0.1, 0.15) is 32.1 Å². The number of carboxylic acids is 1. The molecule has 1 atom stereocenters. The molecule has 0 aromatic rings. The number of hydrogen-bond acceptors (Lipinski definition) is 4. The predicted octanol–water partition coefficient (Wildman–Crippen LogP) is 1.05. The van der Waals surface area contributed by atoms with Crippen LogP contribution in [0.15, 0.2) is 0 Å². The SMILES string of the molecule is COCCOCC(O)CC1(C(=O)O)CCCC1. The summed E-state index contributed by atoms with van der Waals surface area (Å²) in [7, 11) is 1.58. The van der Waals surface area contributed by atoms with Crippen molar-refractivity contribution < 1.29 is 24.5 Å². The van der Waals surface area contributed by atoms with E-state index in [2.05, 4.69) is 0 Å². The van der Waals surface area contributed by atoms with Crippen molar-refractivity contribution in [1.82, 2.24) is 0 Å². The van der Waals surface area contributed by atoms with Crippen molar-refractivity contribution in [2.45, 2.75) is 38.2 Å². The number of carbonyl (C=O) groups is 1. The number of ether oxygens (including phenoxy) is 2. The molecule has 0 amide bonds. The summed E-state index contributed by atoms with van der Waals surface area (Å²) in [5.74, 6) is -0.786. The van der Waals surface area contributed by atoms with Gasteiger partial charge >= 0.3 is 5.97 Å². The van der Waals surface area contributed by atoms with Gasteiger partial charge in [-0.05, 0) is 19.3 Å². The third-order valence-corrected chi connectivity index (χ3v) is 3.38. The van der Waals surface area contributed by atoms with E-state index in [0.29, 0.717) is 26.1 Å². The molecule has 0 heterocycles. The molecule has 1 aliphatic carbocycles. The van der Waals surface area contributed by atoms with Crippen LogP contribution >= 0.6 is 0 Å². The summed E-state index contributed by atoms with van der Waals surface area (Å²) in [6, 6.07) is 0. The molecule has 0 aromatic heterocycles. The first-order valence-corrected chi connectivity index (χ1v) is 6.09. The van der Waals surface area contributed by atoms with Gasteiger partial charge in [-0.2, -0.15) is 0 Å². The van der Waals surface area contributed by atoms with E-state index >= 15 is 0 Å². The van der Waals surface area contributed by atoms with Crippen LogP contribution in [-0.2, 0) is 14.3 Å². The number of aliphatic carboxylic acids is 1. The van der Waals surface area contributed by atoms with Crippen molar-refractivity contribution in [2.24, 2.45) is 5.41 Å². The van der Waals surface area contributed by atoms with Crippen molar-refractivity contribution >= 4 is 5.97 Å². The molecule has 1 saturated carbocycles.